The molecule has 7 heteroatoms. The van der Waals surface area contributed by atoms with Gasteiger partial charge in [-0.2, -0.15) is 5.10 Å². The smallest absolute Gasteiger partial charge is 0.266 e. The van der Waals surface area contributed by atoms with Crippen LogP contribution >= 0.6 is 0 Å². The lowest BCUT2D eigenvalue weighted by Crippen LogP contribution is -2.36. The van der Waals surface area contributed by atoms with Crippen molar-refractivity contribution in [3.8, 4) is 5.69 Å². The van der Waals surface area contributed by atoms with Gasteiger partial charge in [-0.05, 0) is 36.8 Å². The van der Waals surface area contributed by atoms with E-state index in [-0.39, 0.29) is 11.5 Å². The largest absolute Gasteiger partial charge is 0.369 e. The molecule has 1 aliphatic rings. The van der Waals surface area contributed by atoms with Gasteiger partial charge in [0.25, 0.3) is 5.56 Å². The monoisotopic (exact) mass is 422 g/mol. The Bertz CT molecular complexity index is 1410. The summed E-state index contributed by atoms with van der Waals surface area (Å²) in [5.41, 5.74) is 9.97. The minimum atomic E-state index is -0.485. The fourth-order valence-electron chi connectivity index (χ4n) is 4.05. The highest BCUT2D eigenvalue weighted by atomic mass is 16.1. The highest BCUT2D eigenvalue weighted by molar-refractivity contribution is 6.03. The lowest BCUT2D eigenvalue weighted by molar-refractivity contribution is 0.344. The van der Waals surface area contributed by atoms with Gasteiger partial charge >= 0.3 is 0 Å². The zero-order valence-electron chi connectivity index (χ0n) is 17.6. The van der Waals surface area contributed by atoms with Crippen LogP contribution in [0.15, 0.2) is 88.8 Å². The van der Waals surface area contributed by atoms with Crippen molar-refractivity contribution >= 4 is 22.6 Å². The summed E-state index contributed by atoms with van der Waals surface area (Å²) in [7, 11) is 0. The summed E-state index contributed by atoms with van der Waals surface area (Å²) in [4.78, 5) is 18.4. The molecule has 0 spiro atoms. The molecule has 1 aromatic heterocycles. The van der Waals surface area contributed by atoms with Crippen molar-refractivity contribution in [2.24, 2.45) is 10.8 Å². The van der Waals surface area contributed by atoms with E-state index >= 15 is 0 Å². The first-order valence-corrected chi connectivity index (χ1v) is 10.4. The molecule has 1 aliphatic heterocycles. The van der Waals surface area contributed by atoms with Crippen LogP contribution in [-0.2, 0) is 0 Å². The number of fused-ring (bicyclic) bond motifs is 1. The second-order valence-corrected chi connectivity index (χ2v) is 7.83. The molecule has 5 rings (SSSR count). The molecule has 0 fully saturated rings. The third kappa shape index (κ3) is 3.33. The Morgan fingerprint density at radius 2 is 1.69 bits per heavy atom. The predicted molar refractivity (Wildman–Crippen MR) is 126 cm³/mol. The van der Waals surface area contributed by atoms with Crippen LogP contribution in [0.25, 0.3) is 16.6 Å². The summed E-state index contributed by atoms with van der Waals surface area (Å²) in [6, 6.07) is 24.3. The topological polar surface area (TPSA) is 100 Å². The standard InChI is InChI=1S/C25H22N6O/c1-16-11-13-17(14-12-16)21-15-22(31(29-21)25(26)27)23-28-20-10-6-5-9-19(20)24(32)30(23)18-7-3-2-4-8-18/h2-14,22H,15H2,1H3,(H3,26,27). The molecule has 1 atom stereocenters. The van der Waals surface area contributed by atoms with Gasteiger partial charge in [0.1, 0.15) is 11.9 Å². The van der Waals surface area contributed by atoms with Gasteiger partial charge in [-0.25, -0.2) is 9.99 Å². The number of benzene rings is 3. The Morgan fingerprint density at radius 1 is 1.00 bits per heavy atom. The van der Waals surface area contributed by atoms with E-state index in [0.717, 1.165) is 16.8 Å². The molecule has 7 nitrogen and oxygen atoms in total. The molecule has 3 N–H and O–H groups in total. The second-order valence-electron chi connectivity index (χ2n) is 7.83. The normalized spacial score (nSPS) is 15.7. The average molecular weight is 422 g/mol. The fraction of sp³-hybridized carbons (Fsp3) is 0.120. The molecule has 0 saturated heterocycles. The van der Waals surface area contributed by atoms with Gasteiger partial charge in [-0.15, -0.1) is 0 Å². The first-order chi connectivity index (χ1) is 15.5. The van der Waals surface area contributed by atoms with Gasteiger partial charge in [-0.3, -0.25) is 14.8 Å². The SMILES string of the molecule is Cc1ccc(C2=NN(C(=N)N)C(c3nc4ccccc4c(=O)n3-c3ccccc3)C2)cc1. The third-order valence-electron chi connectivity index (χ3n) is 5.66. The number of nitrogens with one attached hydrogen (secondary N) is 1. The van der Waals surface area contributed by atoms with Crippen LogP contribution in [0.5, 0.6) is 0 Å². The van der Waals surface area contributed by atoms with Crippen molar-refractivity contribution < 1.29 is 0 Å². The summed E-state index contributed by atoms with van der Waals surface area (Å²) in [6.07, 6.45) is 0.472. The van der Waals surface area contributed by atoms with Gasteiger partial charge in [0.15, 0.2) is 0 Å². The summed E-state index contributed by atoms with van der Waals surface area (Å²) in [6.45, 7) is 2.03. The summed E-state index contributed by atoms with van der Waals surface area (Å²) < 4.78 is 1.61. The Hall–Kier alpha value is -4.26. The Morgan fingerprint density at radius 3 is 2.41 bits per heavy atom. The number of hydrogen-bond acceptors (Lipinski definition) is 4. The number of aromatic nitrogens is 2. The quantitative estimate of drug-likeness (QED) is 0.388. The Balaban J connectivity index is 1.70. The van der Waals surface area contributed by atoms with Crippen LogP contribution in [0.2, 0.25) is 0 Å². The van der Waals surface area contributed by atoms with Crippen molar-refractivity contribution in [3.05, 3.63) is 106 Å². The van der Waals surface area contributed by atoms with E-state index in [1.165, 1.54) is 5.01 Å². The number of aryl methyl sites for hydroxylation is 1. The zero-order valence-corrected chi connectivity index (χ0v) is 17.6. The molecular formula is C25H22N6O. The zero-order chi connectivity index (χ0) is 22.2. The van der Waals surface area contributed by atoms with Crippen molar-refractivity contribution in [1.82, 2.24) is 14.6 Å². The number of guanidine groups is 1. The van der Waals surface area contributed by atoms with Crippen molar-refractivity contribution in [2.45, 2.75) is 19.4 Å². The van der Waals surface area contributed by atoms with Crippen molar-refractivity contribution in [3.63, 3.8) is 0 Å². The van der Waals surface area contributed by atoms with Crippen LogP contribution in [0, 0.1) is 12.3 Å². The van der Waals surface area contributed by atoms with Gasteiger partial charge in [0, 0.05) is 6.42 Å². The van der Waals surface area contributed by atoms with Gasteiger partial charge in [0.2, 0.25) is 5.96 Å². The van der Waals surface area contributed by atoms with E-state index in [4.69, 9.17) is 16.1 Å². The Labute approximate surface area is 185 Å². The van der Waals surface area contributed by atoms with Crippen molar-refractivity contribution in [1.29, 1.82) is 5.41 Å². The van der Waals surface area contributed by atoms with Crippen molar-refractivity contribution in [2.75, 3.05) is 0 Å². The third-order valence-corrected chi connectivity index (χ3v) is 5.66. The second kappa shape index (κ2) is 7.77. The first-order valence-electron chi connectivity index (χ1n) is 10.4. The molecule has 3 aromatic carbocycles. The summed E-state index contributed by atoms with van der Waals surface area (Å²) in [5, 5.41) is 14.7. The molecule has 158 valence electrons. The molecule has 0 amide bonds. The maximum atomic E-state index is 13.6. The minimum absolute atomic E-state index is 0.163. The maximum absolute atomic E-state index is 13.6. The highest BCUT2D eigenvalue weighted by Crippen LogP contribution is 2.32. The number of nitrogens with zero attached hydrogens (tertiary/aromatic N) is 4. The van der Waals surface area contributed by atoms with Crippen LogP contribution in [0.1, 0.15) is 29.4 Å². The fourth-order valence-corrected chi connectivity index (χ4v) is 4.05. The lowest BCUT2D eigenvalue weighted by atomic mass is 10.0. The number of hydrogen-bond donors (Lipinski definition) is 2. The van der Waals surface area contributed by atoms with Crippen LogP contribution in [0.4, 0.5) is 0 Å². The van der Waals surface area contributed by atoms with E-state index in [9.17, 15) is 4.79 Å². The number of para-hydroxylation sites is 2. The number of nitrogens with two attached hydrogens (primary N) is 1. The van der Waals surface area contributed by atoms with E-state index in [2.05, 4.69) is 5.10 Å². The molecule has 0 aliphatic carbocycles. The van der Waals surface area contributed by atoms with E-state index in [1.807, 2.05) is 79.7 Å². The van der Waals surface area contributed by atoms with Gasteiger partial charge in [-0.1, -0.05) is 60.2 Å². The molecule has 0 radical (unpaired) electrons. The van der Waals surface area contributed by atoms with Gasteiger partial charge in [0.05, 0.1) is 22.3 Å². The summed E-state index contributed by atoms with van der Waals surface area (Å²) >= 11 is 0. The molecular weight excluding hydrogens is 400 g/mol. The van der Waals surface area contributed by atoms with Crippen LogP contribution < -0.4 is 11.3 Å². The van der Waals surface area contributed by atoms with E-state index < -0.39 is 6.04 Å². The predicted octanol–water partition coefficient (Wildman–Crippen LogP) is 3.74. The Kier molecular flexibility index (Phi) is 4.78. The molecule has 2 heterocycles. The highest BCUT2D eigenvalue weighted by Gasteiger charge is 2.34. The van der Waals surface area contributed by atoms with Crippen LogP contribution in [0.3, 0.4) is 0 Å². The lowest BCUT2D eigenvalue weighted by Gasteiger charge is -2.24. The van der Waals surface area contributed by atoms with Crippen LogP contribution in [-0.4, -0.2) is 26.2 Å². The number of rotatable bonds is 3. The molecule has 32 heavy (non-hydrogen) atoms. The maximum Gasteiger partial charge on any atom is 0.266 e. The molecule has 4 aromatic rings. The molecule has 1 unspecified atom stereocenters. The minimum Gasteiger partial charge on any atom is -0.369 e. The summed E-state index contributed by atoms with van der Waals surface area (Å²) in [5.74, 6) is 0.306. The first kappa shape index (κ1) is 19.7. The van der Waals surface area contributed by atoms with E-state index in [0.29, 0.717) is 28.8 Å². The molecule has 0 saturated carbocycles. The van der Waals surface area contributed by atoms with Gasteiger partial charge < -0.3 is 5.73 Å². The number of hydrazone groups is 1. The molecule has 0 bridgehead atoms. The van der Waals surface area contributed by atoms with E-state index in [1.54, 1.807) is 10.6 Å². The average Bonchev–Trinajstić information content (AvgIpc) is 3.26.